The van der Waals surface area contributed by atoms with Crippen molar-refractivity contribution in [3.05, 3.63) is 0 Å². The molecule has 0 bridgehead atoms. The number of piperidine rings is 1. The number of amides is 1. The number of carboxylic acid groups (broad SMARTS) is 1. The zero-order chi connectivity index (χ0) is 15.5. The van der Waals surface area contributed by atoms with Crippen LogP contribution in [0.15, 0.2) is 0 Å². The average molecular weight is 307 g/mol. The van der Waals surface area contributed by atoms with Gasteiger partial charge in [0.2, 0.25) is 5.91 Å². The zero-order valence-corrected chi connectivity index (χ0v) is 12.5. The highest BCUT2D eigenvalue weighted by molar-refractivity contribution is 7.86. The highest BCUT2D eigenvalue weighted by atomic mass is 32.2. The lowest BCUT2D eigenvalue weighted by Gasteiger charge is -2.33. The second kappa shape index (κ2) is 6.51. The lowest BCUT2D eigenvalue weighted by atomic mass is 9.96. The first-order valence-electron chi connectivity index (χ1n) is 6.43. The number of carbonyl (C=O) groups is 2. The van der Waals surface area contributed by atoms with E-state index in [1.807, 2.05) is 0 Å². The summed E-state index contributed by atoms with van der Waals surface area (Å²) in [6.45, 7) is 3.54. The van der Waals surface area contributed by atoms with Gasteiger partial charge in [-0.1, -0.05) is 0 Å². The fourth-order valence-electron chi connectivity index (χ4n) is 2.25. The van der Waals surface area contributed by atoms with Gasteiger partial charge in [-0.3, -0.25) is 9.59 Å². The largest absolute Gasteiger partial charge is 0.480 e. The molecule has 8 nitrogen and oxygen atoms in total. The predicted molar refractivity (Wildman–Crippen MR) is 71.9 cm³/mol. The molecule has 0 aliphatic carbocycles. The number of nitrogens with two attached hydrogens (primary N) is 1. The Bertz CT molecular complexity index is 468. The van der Waals surface area contributed by atoms with Gasteiger partial charge in [-0.2, -0.15) is 12.7 Å². The van der Waals surface area contributed by atoms with Crippen LogP contribution in [0, 0.1) is 5.92 Å². The van der Waals surface area contributed by atoms with Crippen molar-refractivity contribution >= 4 is 22.1 Å². The number of hydrogen-bond donors (Lipinski definition) is 2. The molecule has 3 N–H and O–H groups in total. The number of carboxylic acids is 1. The van der Waals surface area contributed by atoms with E-state index >= 15 is 0 Å². The van der Waals surface area contributed by atoms with Crippen molar-refractivity contribution in [2.24, 2.45) is 11.1 Å². The molecule has 1 aliphatic heterocycles. The number of rotatable bonds is 5. The van der Waals surface area contributed by atoms with Gasteiger partial charge in [0, 0.05) is 25.0 Å². The second-order valence-electron chi connectivity index (χ2n) is 5.17. The minimum absolute atomic E-state index is 0.189. The van der Waals surface area contributed by atoms with Crippen LogP contribution >= 0.6 is 0 Å². The topological polar surface area (TPSA) is 121 Å². The Morgan fingerprint density at radius 3 is 2.20 bits per heavy atom. The summed E-state index contributed by atoms with van der Waals surface area (Å²) >= 11 is 0. The van der Waals surface area contributed by atoms with Crippen molar-refractivity contribution in [2.75, 3.05) is 19.6 Å². The molecule has 0 atom stereocenters. The molecule has 9 heteroatoms. The second-order valence-corrected chi connectivity index (χ2v) is 6.72. The van der Waals surface area contributed by atoms with Crippen LogP contribution in [-0.4, -0.2) is 60.3 Å². The van der Waals surface area contributed by atoms with Gasteiger partial charge in [0.15, 0.2) is 0 Å². The summed E-state index contributed by atoms with van der Waals surface area (Å²) in [5.74, 6) is -1.65. The van der Waals surface area contributed by atoms with Crippen molar-refractivity contribution in [2.45, 2.75) is 32.7 Å². The van der Waals surface area contributed by atoms with E-state index in [-0.39, 0.29) is 37.5 Å². The number of hydrogen-bond acceptors (Lipinski definition) is 4. The molecule has 0 aromatic rings. The van der Waals surface area contributed by atoms with Gasteiger partial charge in [0.1, 0.15) is 6.54 Å². The molecule has 0 unspecified atom stereocenters. The molecule has 0 saturated carbocycles. The minimum atomic E-state index is -3.72. The summed E-state index contributed by atoms with van der Waals surface area (Å²) in [6, 6.07) is -0.213. The van der Waals surface area contributed by atoms with E-state index in [9.17, 15) is 18.0 Å². The van der Waals surface area contributed by atoms with Crippen LogP contribution in [0.25, 0.3) is 0 Å². The molecule has 1 aliphatic rings. The van der Waals surface area contributed by atoms with Gasteiger partial charge in [-0.25, -0.2) is 5.14 Å². The Hall–Kier alpha value is -1.19. The lowest BCUT2D eigenvalue weighted by Crippen LogP contribution is -2.48. The Kier molecular flexibility index (Phi) is 5.49. The maximum atomic E-state index is 12.3. The van der Waals surface area contributed by atoms with Crippen LogP contribution in [0.3, 0.4) is 0 Å². The molecule has 1 rings (SSSR count). The minimum Gasteiger partial charge on any atom is -0.480 e. The first kappa shape index (κ1) is 16.9. The van der Waals surface area contributed by atoms with Crippen molar-refractivity contribution in [3.63, 3.8) is 0 Å². The molecule has 0 aromatic heterocycles. The van der Waals surface area contributed by atoms with Crippen molar-refractivity contribution in [3.8, 4) is 0 Å². The first-order chi connectivity index (χ1) is 9.12. The van der Waals surface area contributed by atoms with Crippen LogP contribution in [0.5, 0.6) is 0 Å². The molecule has 20 heavy (non-hydrogen) atoms. The standard InChI is InChI=1S/C11H21N3O5S/c1-8(2)14(7-10(15)16)11(17)9-3-5-13(6-4-9)20(12,18)19/h8-9H,3-7H2,1-2H3,(H,15,16)(H2,12,18,19). The van der Waals surface area contributed by atoms with Gasteiger partial charge in [0.25, 0.3) is 10.2 Å². The SMILES string of the molecule is CC(C)N(CC(=O)O)C(=O)C1CCN(S(N)(=O)=O)CC1. The summed E-state index contributed by atoms with van der Waals surface area (Å²) in [7, 11) is -3.72. The van der Waals surface area contributed by atoms with Crippen LogP contribution in [0.2, 0.25) is 0 Å². The van der Waals surface area contributed by atoms with Gasteiger partial charge < -0.3 is 10.0 Å². The molecule has 116 valence electrons. The Morgan fingerprint density at radius 1 is 1.35 bits per heavy atom. The average Bonchev–Trinajstić information content (AvgIpc) is 2.33. The van der Waals surface area contributed by atoms with Crippen molar-refractivity contribution in [1.29, 1.82) is 0 Å². The normalized spacial score (nSPS) is 18.2. The van der Waals surface area contributed by atoms with E-state index in [1.54, 1.807) is 13.8 Å². The van der Waals surface area contributed by atoms with Gasteiger partial charge >= 0.3 is 5.97 Å². The fraction of sp³-hybridized carbons (Fsp3) is 0.818. The Balaban J connectivity index is 2.67. The first-order valence-corrected chi connectivity index (χ1v) is 7.93. The van der Waals surface area contributed by atoms with Crippen molar-refractivity contribution in [1.82, 2.24) is 9.21 Å². The maximum absolute atomic E-state index is 12.3. The molecular formula is C11H21N3O5S. The van der Waals surface area contributed by atoms with Crippen LogP contribution < -0.4 is 5.14 Å². The molecule has 0 spiro atoms. The van der Waals surface area contributed by atoms with Crippen LogP contribution in [-0.2, 0) is 19.8 Å². The van der Waals surface area contributed by atoms with E-state index in [1.165, 1.54) is 4.90 Å². The quantitative estimate of drug-likeness (QED) is 0.690. The van der Waals surface area contributed by atoms with E-state index in [0.29, 0.717) is 12.8 Å². The summed E-state index contributed by atoms with van der Waals surface area (Å²) in [4.78, 5) is 24.4. The van der Waals surface area contributed by atoms with E-state index in [4.69, 9.17) is 10.2 Å². The van der Waals surface area contributed by atoms with Crippen molar-refractivity contribution < 1.29 is 23.1 Å². The Labute approximate surface area is 118 Å². The molecule has 0 radical (unpaired) electrons. The molecule has 0 aromatic carbocycles. The van der Waals surface area contributed by atoms with Gasteiger partial charge in [0.05, 0.1) is 0 Å². The van der Waals surface area contributed by atoms with E-state index in [2.05, 4.69) is 0 Å². The molecular weight excluding hydrogens is 286 g/mol. The third-order valence-corrected chi connectivity index (χ3v) is 4.46. The summed E-state index contributed by atoms with van der Waals surface area (Å²) in [6.07, 6.45) is 0.718. The summed E-state index contributed by atoms with van der Waals surface area (Å²) < 4.78 is 23.5. The molecule has 1 amide bonds. The molecule has 1 fully saturated rings. The summed E-state index contributed by atoms with van der Waals surface area (Å²) in [5.41, 5.74) is 0. The fourth-order valence-corrected chi connectivity index (χ4v) is 2.97. The highest BCUT2D eigenvalue weighted by Gasteiger charge is 2.33. The summed E-state index contributed by atoms with van der Waals surface area (Å²) in [5, 5.41) is 13.9. The predicted octanol–water partition coefficient (Wildman–Crippen LogP) is -0.776. The Morgan fingerprint density at radius 2 is 1.85 bits per heavy atom. The van der Waals surface area contributed by atoms with E-state index in [0.717, 1.165) is 4.31 Å². The highest BCUT2D eigenvalue weighted by Crippen LogP contribution is 2.21. The number of aliphatic carboxylic acids is 1. The third kappa shape index (κ3) is 4.43. The number of nitrogens with zero attached hydrogens (tertiary/aromatic N) is 2. The maximum Gasteiger partial charge on any atom is 0.323 e. The van der Waals surface area contributed by atoms with E-state index < -0.39 is 16.2 Å². The van der Waals surface area contributed by atoms with Crippen LogP contribution in [0.1, 0.15) is 26.7 Å². The monoisotopic (exact) mass is 307 g/mol. The molecule has 1 heterocycles. The van der Waals surface area contributed by atoms with Gasteiger partial charge in [-0.15, -0.1) is 0 Å². The lowest BCUT2D eigenvalue weighted by molar-refractivity contribution is -0.148. The molecule has 1 saturated heterocycles. The van der Waals surface area contributed by atoms with Gasteiger partial charge in [-0.05, 0) is 26.7 Å². The third-order valence-electron chi connectivity index (χ3n) is 3.38. The zero-order valence-electron chi connectivity index (χ0n) is 11.7. The number of carbonyl (C=O) groups excluding carboxylic acids is 1. The smallest absolute Gasteiger partial charge is 0.323 e. The van der Waals surface area contributed by atoms with Crippen LogP contribution in [0.4, 0.5) is 0 Å².